The van der Waals surface area contributed by atoms with Crippen LogP contribution in [0.2, 0.25) is 0 Å². The number of thiophene rings is 1. The normalized spacial score (nSPS) is 12.9. The van der Waals surface area contributed by atoms with Crippen molar-refractivity contribution in [2.24, 2.45) is 0 Å². The molecule has 2 aromatic heterocycles. The Bertz CT molecular complexity index is 478. The van der Waals surface area contributed by atoms with Crippen molar-refractivity contribution < 1.29 is 0 Å². The molecule has 0 spiro atoms. The van der Waals surface area contributed by atoms with Crippen molar-refractivity contribution >= 4 is 27.3 Å². The van der Waals surface area contributed by atoms with Crippen LogP contribution in [0.25, 0.3) is 0 Å². The van der Waals surface area contributed by atoms with Crippen LogP contribution in [0, 0.1) is 0 Å². The predicted molar refractivity (Wildman–Crippen MR) is 75.4 cm³/mol. The zero-order chi connectivity index (χ0) is 12.3. The first-order chi connectivity index (χ1) is 8.26. The van der Waals surface area contributed by atoms with E-state index in [0.717, 1.165) is 23.4 Å². The summed E-state index contributed by atoms with van der Waals surface area (Å²) in [6.45, 7) is 6.13. The van der Waals surface area contributed by atoms with Crippen LogP contribution in [0.5, 0.6) is 0 Å². The third-order valence-corrected chi connectivity index (χ3v) is 4.39. The summed E-state index contributed by atoms with van der Waals surface area (Å²) in [6.07, 6.45) is 3.90. The zero-order valence-electron chi connectivity index (χ0n) is 9.98. The van der Waals surface area contributed by atoms with E-state index in [-0.39, 0.29) is 6.04 Å². The van der Waals surface area contributed by atoms with Gasteiger partial charge in [0.2, 0.25) is 0 Å². The Balaban J connectivity index is 2.35. The van der Waals surface area contributed by atoms with Gasteiger partial charge >= 0.3 is 0 Å². The van der Waals surface area contributed by atoms with Crippen LogP contribution in [0.3, 0.4) is 0 Å². The van der Waals surface area contributed by atoms with Crippen LogP contribution >= 0.6 is 27.3 Å². The van der Waals surface area contributed by atoms with Gasteiger partial charge in [-0.2, -0.15) is 0 Å². The molecule has 92 valence electrons. The highest BCUT2D eigenvalue weighted by atomic mass is 79.9. The van der Waals surface area contributed by atoms with Crippen LogP contribution < -0.4 is 5.32 Å². The predicted octanol–water partition coefficient (Wildman–Crippen LogP) is 3.43. The lowest BCUT2D eigenvalue weighted by atomic mass is 10.2. The molecule has 1 atom stereocenters. The summed E-state index contributed by atoms with van der Waals surface area (Å²) in [5, 5.41) is 5.61. The van der Waals surface area contributed by atoms with E-state index in [1.165, 1.54) is 4.88 Å². The van der Waals surface area contributed by atoms with Gasteiger partial charge in [-0.15, -0.1) is 11.3 Å². The van der Waals surface area contributed by atoms with Crippen LogP contribution in [-0.2, 0) is 6.54 Å². The van der Waals surface area contributed by atoms with E-state index in [9.17, 15) is 0 Å². The molecule has 17 heavy (non-hydrogen) atoms. The molecule has 0 aliphatic rings. The minimum absolute atomic E-state index is 0.186. The summed E-state index contributed by atoms with van der Waals surface area (Å²) in [7, 11) is 0. The number of nitrogens with zero attached hydrogens (tertiary/aromatic N) is 2. The van der Waals surface area contributed by atoms with Gasteiger partial charge in [0.15, 0.2) is 0 Å². The zero-order valence-corrected chi connectivity index (χ0v) is 12.4. The first-order valence-electron chi connectivity index (χ1n) is 5.74. The average Bonchev–Trinajstić information content (AvgIpc) is 2.94. The van der Waals surface area contributed by atoms with E-state index < -0.39 is 0 Å². The Labute approximate surface area is 114 Å². The van der Waals surface area contributed by atoms with E-state index in [0.29, 0.717) is 0 Å². The van der Waals surface area contributed by atoms with Crippen molar-refractivity contribution in [1.29, 1.82) is 0 Å². The summed E-state index contributed by atoms with van der Waals surface area (Å²) in [4.78, 5) is 5.77. The molecule has 0 aliphatic heterocycles. The Hall–Kier alpha value is -0.650. The van der Waals surface area contributed by atoms with Crippen molar-refractivity contribution in [2.75, 3.05) is 6.54 Å². The van der Waals surface area contributed by atoms with Gasteiger partial charge in [0.05, 0.1) is 0 Å². The maximum absolute atomic E-state index is 4.48. The van der Waals surface area contributed by atoms with Gasteiger partial charge in [-0.05, 0) is 35.5 Å². The Morgan fingerprint density at radius 2 is 2.35 bits per heavy atom. The Morgan fingerprint density at radius 1 is 1.53 bits per heavy atom. The molecule has 0 aromatic carbocycles. The second-order valence-corrected chi connectivity index (χ2v) is 5.59. The molecule has 3 nitrogen and oxygen atoms in total. The minimum Gasteiger partial charge on any atom is -0.334 e. The molecule has 1 N–H and O–H groups in total. The molecule has 0 fully saturated rings. The van der Waals surface area contributed by atoms with Crippen molar-refractivity contribution in [3.05, 3.63) is 39.0 Å². The van der Waals surface area contributed by atoms with Gasteiger partial charge in [0.25, 0.3) is 0 Å². The monoisotopic (exact) mass is 313 g/mol. The van der Waals surface area contributed by atoms with Gasteiger partial charge in [-0.1, -0.05) is 6.92 Å². The largest absolute Gasteiger partial charge is 0.334 e. The lowest BCUT2D eigenvalue weighted by molar-refractivity contribution is 0.565. The summed E-state index contributed by atoms with van der Waals surface area (Å²) in [5.74, 6) is 1.09. The SMILES string of the molecule is CCNC(c1cc(Br)cs1)c1nccn1CC. The fourth-order valence-corrected chi connectivity index (χ4v) is 3.37. The molecule has 0 amide bonds. The van der Waals surface area contributed by atoms with E-state index in [4.69, 9.17) is 0 Å². The lowest BCUT2D eigenvalue weighted by Gasteiger charge is -2.17. The number of rotatable bonds is 5. The number of aromatic nitrogens is 2. The number of imidazole rings is 1. The third kappa shape index (κ3) is 2.78. The number of halogens is 1. The molecule has 0 saturated carbocycles. The summed E-state index contributed by atoms with van der Waals surface area (Å²) in [5.41, 5.74) is 0. The van der Waals surface area contributed by atoms with Crippen LogP contribution in [0.4, 0.5) is 0 Å². The highest BCUT2D eigenvalue weighted by Crippen LogP contribution is 2.29. The highest BCUT2D eigenvalue weighted by molar-refractivity contribution is 9.10. The molecule has 0 saturated heterocycles. The maximum Gasteiger partial charge on any atom is 0.131 e. The second-order valence-electron chi connectivity index (χ2n) is 3.73. The molecule has 0 bridgehead atoms. The van der Waals surface area contributed by atoms with E-state index in [1.807, 2.05) is 12.4 Å². The molecule has 1 unspecified atom stereocenters. The second kappa shape index (κ2) is 5.80. The first kappa shape index (κ1) is 12.8. The fraction of sp³-hybridized carbons (Fsp3) is 0.417. The van der Waals surface area contributed by atoms with Gasteiger partial charge in [-0.3, -0.25) is 0 Å². The van der Waals surface area contributed by atoms with Crippen molar-refractivity contribution in [3.63, 3.8) is 0 Å². The Morgan fingerprint density at radius 3 is 2.94 bits per heavy atom. The van der Waals surface area contributed by atoms with Gasteiger partial charge < -0.3 is 9.88 Å². The highest BCUT2D eigenvalue weighted by Gasteiger charge is 2.19. The van der Waals surface area contributed by atoms with E-state index >= 15 is 0 Å². The summed E-state index contributed by atoms with van der Waals surface area (Å²) in [6, 6.07) is 2.35. The van der Waals surface area contributed by atoms with Crippen LogP contribution in [-0.4, -0.2) is 16.1 Å². The van der Waals surface area contributed by atoms with Crippen molar-refractivity contribution in [2.45, 2.75) is 26.4 Å². The summed E-state index contributed by atoms with van der Waals surface area (Å²) >= 11 is 5.26. The van der Waals surface area contributed by atoms with Gasteiger partial charge in [-0.25, -0.2) is 4.98 Å². The molecular weight excluding hydrogens is 298 g/mol. The quantitative estimate of drug-likeness (QED) is 0.916. The van der Waals surface area contributed by atoms with Gasteiger partial charge in [0.1, 0.15) is 11.9 Å². The van der Waals surface area contributed by atoms with Crippen molar-refractivity contribution in [1.82, 2.24) is 14.9 Å². The smallest absolute Gasteiger partial charge is 0.131 e. The molecule has 5 heteroatoms. The number of aryl methyl sites for hydroxylation is 1. The molecule has 2 rings (SSSR count). The minimum atomic E-state index is 0.186. The van der Waals surface area contributed by atoms with Crippen LogP contribution in [0.1, 0.15) is 30.6 Å². The fourth-order valence-electron chi connectivity index (χ4n) is 1.85. The lowest BCUT2D eigenvalue weighted by Crippen LogP contribution is -2.24. The number of nitrogens with one attached hydrogen (secondary N) is 1. The maximum atomic E-state index is 4.48. The van der Waals surface area contributed by atoms with E-state index in [2.05, 4.69) is 56.1 Å². The summed E-state index contributed by atoms with van der Waals surface area (Å²) < 4.78 is 3.32. The molecule has 2 heterocycles. The third-order valence-electron chi connectivity index (χ3n) is 2.63. The Kier molecular flexibility index (Phi) is 4.36. The first-order valence-corrected chi connectivity index (χ1v) is 7.41. The number of hydrogen-bond acceptors (Lipinski definition) is 3. The molecule has 2 aromatic rings. The number of hydrogen-bond donors (Lipinski definition) is 1. The molecule has 0 aliphatic carbocycles. The van der Waals surface area contributed by atoms with Gasteiger partial charge in [0, 0.05) is 33.7 Å². The molecular formula is C12H16BrN3S. The van der Waals surface area contributed by atoms with E-state index in [1.54, 1.807) is 11.3 Å². The molecule has 0 radical (unpaired) electrons. The van der Waals surface area contributed by atoms with Crippen molar-refractivity contribution in [3.8, 4) is 0 Å². The van der Waals surface area contributed by atoms with Crippen LogP contribution in [0.15, 0.2) is 28.3 Å². The average molecular weight is 314 g/mol. The topological polar surface area (TPSA) is 29.9 Å². The standard InChI is InChI=1S/C12H16BrN3S/c1-3-14-11(10-7-9(13)8-17-10)12-15-5-6-16(12)4-2/h5-8,11,14H,3-4H2,1-2H3.